The average Bonchev–Trinajstić information content (AvgIpc) is 3.31. The maximum absolute atomic E-state index is 14.4. The monoisotopic (exact) mass is 528 g/mol. The molecule has 2 amide bonds. The van der Waals surface area contributed by atoms with Crippen LogP contribution >= 0.6 is 0 Å². The number of amides is 2. The van der Waals surface area contributed by atoms with Gasteiger partial charge in [-0.15, -0.1) is 0 Å². The molecule has 6 rings (SSSR count). The summed E-state index contributed by atoms with van der Waals surface area (Å²) in [5.74, 6) is -0.590. The van der Waals surface area contributed by atoms with Crippen LogP contribution in [-0.4, -0.2) is 108 Å². The van der Waals surface area contributed by atoms with E-state index in [1.54, 1.807) is 6.07 Å². The Morgan fingerprint density at radius 1 is 1.18 bits per heavy atom. The number of hydrogen-bond acceptors (Lipinski definition) is 8. The summed E-state index contributed by atoms with van der Waals surface area (Å²) in [5, 5.41) is 10.2. The third kappa shape index (κ3) is 4.76. The van der Waals surface area contributed by atoms with Crippen LogP contribution in [0.4, 0.5) is 4.39 Å². The van der Waals surface area contributed by atoms with Crippen LogP contribution in [0.25, 0.3) is 11.3 Å². The van der Waals surface area contributed by atoms with Crippen molar-refractivity contribution in [1.29, 1.82) is 0 Å². The number of aromatic amines is 1. The summed E-state index contributed by atoms with van der Waals surface area (Å²) in [6, 6.07) is 3.15. The van der Waals surface area contributed by atoms with E-state index in [1.807, 2.05) is 4.90 Å². The van der Waals surface area contributed by atoms with Crippen molar-refractivity contribution in [3.05, 3.63) is 29.8 Å². The molecular weight excluding hydrogens is 495 g/mol. The molecule has 2 aromatic rings. The molecule has 3 aliphatic heterocycles. The zero-order chi connectivity index (χ0) is 26.3. The second-order valence-electron chi connectivity index (χ2n) is 10.6. The highest BCUT2D eigenvalue weighted by molar-refractivity contribution is 5.94. The zero-order valence-electron chi connectivity index (χ0n) is 21.5. The van der Waals surface area contributed by atoms with E-state index in [2.05, 4.69) is 25.4 Å². The predicted molar refractivity (Wildman–Crippen MR) is 133 cm³/mol. The lowest BCUT2D eigenvalue weighted by atomic mass is 9.87. The number of halogens is 1. The van der Waals surface area contributed by atoms with Crippen molar-refractivity contribution in [2.45, 2.75) is 43.3 Å². The van der Waals surface area contributed by atoms with Crippen molar-refractivity contribution in [3.8, 4) is 17.1 Å². The number of H-pyrrole nitrogens is 1. The highest BCUT2D eigenvalue weighted by atomic mass is 19.1. The van der Waals surface area contributed by atoms with E-state index in [4.69, 9.17) is 14.2 Å². The van der Waals surface area contributed by atoms with Gasteiger partial charge in [0.25, 0.3) is 5.91 Å². The Morgan fingerprint density at radius 2 is 2.00 bits per heavy atom. The van der Waals surface area contributed by atoms with E-state index in [0.29, 0.717) is 51.5 Å². The lowest BCUT2D eigenvalue weighted by molar-refractivity contribution is -0.128. The van der Waals surface area contributed by atoms with Crippen molar-refractivity contribution < 1.29 is 28.2 Å². The van der Waals surface area contributed by atoms with E-state index in [9.17, 15) is 14.0 Å². The van der Waals surface area contributed by atoms with Gasteiger partial charge in [-0.05, 0) is 31.7 Å². The largest absolute Gasteiger partial charge is 0.481 e. The number of likely N-dealkylation sites (tertiary alicyclic amines) is 1. The van der Waals surface area contributed by atoms with E-state index in [1.165, 1.54) is 13.2 Å². The quantitative estimate of drug-likeness (QED) is 0.574. The Morgan fingerprint density at radius 3 is 2.76 bits per heavy atom. The van der Waals surface area contributed by atoms with E-state index in [-0.39, 0.29) is 52.5 Å². The number of carbonyl (C=O) groups excluding carboxylic acids is 2. The fourth-order valence-corrected chi connectivity index (χ4v) is 6.05. The first-order valence-corrected chi connectivity index (χ1v) is 13.2. The molecule has 0 unspecified atom stereocenters. The van der Waals surface area contributed by atoms with Gasteiger partial charge in [0.1, 0.15) is 0 Å². The van der Waals surface area contributed by atoms with Crippen LogP contribution in [0.1, 0.15) is 36.2 Å². The average molecular weight is 529 g/mol. The lowest BCUT2D eigenvalue weighted by Crippen LogP contribution is -2.56. The van der Waals surface area contributed by atoms with Gasteiger partial charge in [-0.2, -0.15) is 5.10 Å². The van der Waals surface area contributed by atoms with Gasteiger partial charge in [-0.1, -0.05) is 0 Å². The summed E-state index contributed by atoms with van der Waals surface area (Å²) in [4.78, 5) is 34.8. The van der Waals surface area contributed by atoms with E-state index in [0.717, 1.165) is 32.1 Å². The molecule has 2 N–H and O–H groups in total. The molecule has 5 heterocycles. The molecule has 204 valence electrons. The minimum atomic E-state index is -0.539. The van der Waals surface area contributed by atoms with Crippen LogP contribution in [0.2, 0.25) is 0 Å². The Hall–Kier alpha value is -3.09. The van der Waals surface area contributed by atoms with Crippen molar-refractivity contribution >= 4 is 11.8 Å². The standard InChI is InChI=1S/C26H33FN6O5/c1-36-23-10-17(18(27)13-28-23)19-11-20(31-30-19)25(35)33-5-2-16(12-26(33)3-4-26)24(34)29-21-14-38-15-22(21)32-6-8-37-9-7-32/h10-11,13,16,21-22H,2-9,12,14-15H2,1H3,(H,29,34)(H,30,31)/t16-,21+,22-/m0/s1. The minimum absolute atomic E-state index is 0.0369. The van der Waals surface area contributed by atoms with Crippen LogP contribution in [0.5, 0.6) is 5.88 Å². The third-order valence-corrected chi connectivity index (χ3v) is 8.36. The number of morpholine rings is 1. The topological polar surface area (TPSA) is 122 Å². The fourth-order valence-electron chi connectivity index (χ4n) is 6.05. The SMILES string of the molecule is COc1cc(-c2cc(C(=O)N3CC[C@H](C(=O)N[C@@H]4COC[C@@H]4N4CCOCC4)CC34CC4)n[nH]2)c(F)cn1. The van der Waals surface area contributed by atoms with Crippen LogP contribution in [0.3, 0.4) is 0 Å². The highest BCUT2D eigenvalue weighted by Gasteiger charge is 2.55. The Balaban J connectivity index is 1.10. The van der Waals surface area contributed by atoms with Gasteiger partial charge < -0.3 is 24.4 Å². The number of pyridine rings is 1. The second-order valence-corrected chi connectivity index (χ2v) is 10.6. The number of rotatable bonds is 6. The summed E-state index contributed by atoms with van der Waals surface area (Å²) < 4.78 is 30.6. The molecule has 1 spiro atoms. The molecule has 3 saturated heterocycles. The van der Waals surface area contributed by atoms with Crippen molar-refractivity contribution in [2.75, 3.05) is 53.2 Å². The minimum Gasteiger partial charge on any atom is -0.481 e. The Labute approximate surface area is 220 Å². The number of methoxy groups -OCH3 is 1. The molecule has 4 fully saturated rings. The summed E-state index contributed by atoms with van der Waals surface area (Å²) in [7, 11) is 1.45. The normalized spacial score (nSPS) is 26.9. The number of ether oxygens (including phenoxy) is 3. The van der Waals surface area contributed by atoms with E-state index < -0.39 is 5.82 Å². The summed E-state index contributed by atoms with van der Waals surface area (Å²) in [6.45, 7) is 4.71. The first-order chi connectivity index (χ1) is 18.5. The van der Waals surface area contributed by atoms with Gasteiger partial charge in [0, 0.05) is 42.7 Å². The second kappa shape index (κ2) is 10.2. The van der Waals surface area contributed by atoms with Crippen LogP contribution in [0, 0.1) is 11.7 Å². The van der Waals surface area contributed by atoms with E-state index >= 15 is 0 Å². The smallest absolute Gasteiger partial charge is 0.274 e. The maximum Gasteiger partial charge on any atom is 0.274 e. The molecule has 0 aromatic carbocycles. The van der Waals surface area contributed by atoms with Gasteiger partial charge in [-0.25, -0.2) is 9.37 Å². The molecule has 0 bridgehead atoms. The number of piperidine rings is 1. The summed E-state index contributed by atoms with van der Waals surface area (Å²) >= 11 is 0. The molecule has 4 aliphatic rings. The maximum atomic E-state index is 14.4. The molecule has 1 saturated carbocycles. The molecular formula is C26H33FN6O5. The van der Waals surface area contributed by atoms with Crippen molar-refractivity contribution in [2.24, 2.45) is 5.92 Å². The number of aromatic nitrogens is 3. The lowest BCUT2D eigenvalue weighted by Gasteiger charge is -2.40. The first-order valence-electron chi connectivity index (χ1n) is 13.2. The fraction of sp³-hybridized carbons (Fsp3) is 0.615. The van der Waals surface area contributed by atoms with Crippen LogP contribution < -0.4 is 10.1 Å². The highest BCUT2D eigenvalue weighted by Crippen LogP contribution is 2.50. The van der Waals surface area contributed by atoms with Crippen molar-refractivity contribution in [3.63, 3.8) is 0 Å². The van der Waals surface area contributed by atoms with Crippen molar-refractivity contribution in [1.82, 2.24) is 30.3 Å². The zero-order valence-corrected chi connectivity index (χ0v) is 21.5. The third-order valence-electron chi connectivity index (χ3n) is 8.36. The molecule has 2 aromatic heterocycles. The van der Waals surface area contributed by atoms with Gasteiger partial charge in [0.15, 0.2) is 11.5 Å². The molecule has 3 atom stereocenters. The van der Waals surface area contributed by atoms with Crippen LogP contribution in [0.15, 0.2) is 18.3 Å². The van der Waals surface area contributed by atoms with Gasteiger partial charge >= 0.3 is 0 Å². The van der Waals surface area contributed by atoms with Gasteiger partial charge in [-0.3, -0.25) is 19.6 Å². The first kappa shape index (κ1) is 25.2. The molecule has 0 radical (unpaired) electrons. The number of nitrogens with one attached hydrogen (secondary N) is 2. The number of hydrogen-bond donors (Lipinski definition) is 2. The molecule has 11 nitrogen and oxygen atoms in total. The Kier molecular flexibility index (Phi) is 6.79. The predicted octanol–water partition coefficient (Wildman–Crippen LogP) is 1.22. The van der Waals surface area contributed by atoms with Crippen LogP contribution in [-0.2, 0) is 14.3 Å². The Bertz CT molecular complexity index is 1200. The number of carbonyl (C=O) groups is 2. The summed E-state index contributed by atoms with van der Waals surface area (Å²) in [5.41, 5.74) is 0.503. The molecule has 12 heteroatoms. The summed E-state index contributed by atoms with van der Waals surface area (Å²) in [6.07, 6.45) is 4.01. The molecule has 38 heavy (non-hydrogen) atoms. The molecule has 1 aliphatic carbocycles. The number of nitrogens with zero attached hydrogens (tertiary/aromatic N) is 4. The van der Waals surface area contributed by atoms with Gasteiger partial charge in [0.2, 0.25) is 11.8 Å². The van der Waals surface area contributed by atoms with Gasteiger partial charge in [0.05, 0.1) is 57.5 Å².